The number of hydrogen-bond acceptors (Lipinski definition) is 4. The van der Waals surface area contributed by atoms with Gasteiger partial charge in [-0.1, -0.05) is 91.1 Å². The van der Waals surface area contributed by atoms with E-state index < -0.39 is 6.04 Å². The first-order valence-corrected chi connectivity index (χ1v) is 15.2. The first-order chi connectivity index (χ1) is 18.4. The number of nitrogens with zero attached hydrogens (tertiary/aromatic N) is 1. The molecule has 6 heteroatoms. The van der Waals surface area contributed by atoms with Gasteiger partial charge in [0.1, 0.15) is 6.04 Å². The summed E-state index contributed by atoms with van der Waals surface area (Å²) in [6, 6.07) is 8.05. The molecule has 216 valence electrons. The molecule has 2 unspecified atom stereocenters. The van der Waals surface area contributed by atoms with Crippen LogP contribution in [0.1, 0.15) is 97.6 Å². The first-order valence-electron chi connectivity index (χ1n) is 15.2. The van der Waals surface area contributed by atoms with Crippen molar-refractivity contribution in [2.24, 2.45) is 5.92 Å². The van der Waals surface area contributed by atoms with E-state index in [2.05, 4.69) is 92.7 Å². The van der Waals surface area contributed by atoms with E-state index in [9.17, 15) is 9.59 Å². The molecule has 0 saturated carbocycles. The molecular formula is C32H56N4O2. The molecule has 0 aliphatic carbocycles. The zero-order valence-corrected chi connectivity index (χ0v) is 25.2. The van der Waals surface area contributed by atoms with Crippen molar-refractivity contribution in [1.29, 1.82) is 0 Å². The van der Waals surface area contributed by atoms with Crippen LogP contribution in [0.25, 0.3) is 0 Å². The predicted octanol–water partition coefficient (Wildman–Crippen LogP) is 5.61. The normalized spacial score (nSPS) is 13.3. The van der Waals surface area contributed by atoms with Crippen molar-refractivity contribution in [3.8, 4) is 0 Å². The van der Waals surface area contributed by atoms with Crippen LogP contribution in [0, 0.1) is 5.92 Å². The van der Waals surface area contributed by atoms with Gasteiger partial charge in [0.05, 0.1) is 6.54 Å². The van der Waals surface area contributed by atoms with Crippen LogP contribution in [0.15, 0.2) is 36.0 Å². The standard InChI is InChI=1S/C32H56N4O2/c1-7-12-15-21-36(20-10-4)25-30(35-31(37)24-33-29(11-5)17-9-3)32(38)34-23-26(6)22-28-19-14-13-18-27(28)16-8-2/h13-14,17-19,26,30,33H,7-12,15-16,20-25H2,1-6H3,(H,34,38)(H,35,37). The van der Waals surface area contributed by atoms with E-state index in [1.807, 2.05) is 0 Å². The summed E-state index contributed by atoms with van der Waals surface area (Å²) >= 11 is 0. The lowest BCUT2D eigenvalue weighted by Crippen LogP contribution is -2.54. The molecule has 0 spiro atoms. The molecule has 0 saturated heterocycles. The third kappa shape index (κ3) is 14.0. The molecule has 3 N–H and O–H groups in total. The van der Waals surface area contributed by atoms with Crippen molar-refractivity contribution in [2.75, 3.05) is 32.7 Å². The monoisotopic (exact) mass is 528 g/mol. The SMILES string of the molecule is CCC=C(CC)NCC(=O)NC(CN(CCC)CCCCC)C(=O)NCC(C)Cc1ccccc1CCC. The molecule has 6 nitrogen and oxygen atoms in total. The number of benzene rings is 1. The highest BCUT2D eigenvalue weighted by Crippen LogP contribution is 2.15. The second-order valence-corrected chi connectivity index (χ2v) is 10.5. The fourth-order valence-electron chi connectivity index (χ4n) is 4.79. The molecule has 0 heterocycles. The van der Waals surface area contributed by atoms with Gasteiger partial charge in [-0.05, 0) is 68.7 Å². The molecule has 1 aromatic carbocycles. The maximum absolute atomic E-state index is 13.4. The zero-order valence-electron chi connectivity index (χ0n) is 25.2. The second-order valence-electron chi connectivity index (χ2n) is 10.5. The van der Waals surface area contributed by atoms with Gasteiger partial charge in [0.15, 0.2) is 0 Å². The lowest BCUT2D eigenvalue weighted by Gasteiger charge is -2.28. The number of allylic oxidation sites excluding steroid dienone is 2. The quantitative estimate of drug-likeness (QED) is 0.181. The topological polar surface area (TPSA) is 73.5 Å². The van der Waals surface area contributed by atoms with Crippen LogP contribution < -0.4 is 16.0 Å². The summed E-state index contributed by atoms with van der Waals surface area (Å²) in [6.45, 7) is 16.1. The van der Waals surface area contributed by atoms with Gasteiger partial charge in [-0.3, -0.25) is 9.59 Å². The summed E-state index contributed by atoms with van der Waals surface area (Å²) < 4.78 is 0. The summed E-state index contributed by atoms with van der Waals surface area (Å²) in [7, 11) is 0. The van der Waals surface area contributed by atoms with Gasteiger partial charge in [0.25, 0.3) is 0 Å². The molecule has 1 aromatic rings. The molecule has 2 amide bonds. The highest BCUT2D eigenvalue weighted by Gasteiger charge is 2.24. The van der Waals surface area contributed by atoms with E-state index in [1.54, 1.807) is 0 Å². The summed E-state index contributed by atoms with van der Waals surface area (Å²) in [5.41, 5.74) is 3.83. The fraction of sp³-hybridized carbons (Fsp3) is 0.688. The summed E-state index contributed by atoms with van der Waals surface area (Å²) in [4.78, 5) is 28.6. The average molecular weight is 529 g/mol. The lowest BCUT2D eigenvalue weighted by atomic mass is 9.94. The van der Waals surface area contributed by atoms with Crippen molar-refractivity contribution < 1.29 is 9.59 Å². The van der Waals surface area contributed by atoms with Crippen LogP contribution in [0.2, 0.25) is 0 Å². The third-order valence-corrected chi connectivity index (χ3v) is 6.85. The Morgan fingerprint density at radius 3 is 2.29 bits per heavy atom. The van der Waals surface area contributed by atoms with E-state index in [4.69, 9.17) is 0 Å². The number of hydrogen-bond donors (Lipinski definition) is 3. The number of unbranched alkanes of at least 4 members (excludes halogenated alkanes) is 2. The average Bonchev–Trinajstić information content (AvgIpc) is 2.90. The Morgan fingerprint density at radius 1 is 0.921 bits per heavy atom. The largest absolute Gasteiger partial charge is 0.380 e. The van der Waals surface area contributed by atoms with E-state index in [1.165, 1.54) is 17.5 Å². The molecule has 38 heavy (non-hydrogen) atoms. The van der Waals surface area contributed by atoms with Gasteiger partial charge < -0.3 is 20.9 Å². The predicted molar refractivity (Wildman–Crippen MR) is 161 cm³/mol. The Morgan fingerprint density at radius 2 is 1.66 bits per heavy atom. The minimum absolute atomic E-state index is 0.0940. The molecule has 0 aliphatic rings. The van der Waals surface area contributed by atoms with Gasteiger partial charge in [-0.15, -0.1) is 0 Å². The maximum atomic E-state index is 13.4. The molecule has 1 rings (SSSR count). The van der Waals surface area contributed by atoms with E-state index in [0.717, 1.165) is 70.2 Å². The van der Waals surface area contributed by atoms with Crippen LogP contribution >= 0.6 is 0 Å². The number of aryl methyl sites for hydroxylation is 1. The van der Waals surface area contributed by atoms with Crippen molar-refractivity contribution >= 4 is 11.8 Å². The summed E-state index contributed by atoms with van der Waals surface area (Å²) in [5.74, 6) is 0.0631. The number of carbonyl (C=O) groups excluding carboxylic acids is 2. The Balaban J connectivity index is 2.84. The van der Waals surface area contributed by atoms with E-state index in [-0.39, 0.29) is 18.4 Å². The number of rotatable bonds is 21. The van der Waals surface area contributed by atoms with Gasteiger partial charge in [-0.25, -0.2) is 0 Å². The van der Waals surface area contributed by atoms with Crippen molar-refractivity contribution in [1.82, 2.24) is 20.9 Å². The molecule has 0 aliphatic heterocycles. The molecule has 0 aromatic heterocycles. The van der Waals surface area contributed by atoms with E-state index >= 15 is 0 Å². The van der Waals surface area contributed by atoms with Crippen LogP contribution in [0.5, 0.6) is 0 Å². The van der Waals surface area contributed by atoms with Crippen molar-refractivity contribution in [2.45, 2.75) is 105 Å². The zero-order chi connectivity index (χ0) is 28.2. The van der Waals surface area contributed by atoms with Crippen molar-refractivity contribution in [3.05, 3.63) is 47.2 Å². The van der Waals surface area contributed by atoms with Crippen LogP contribution in [-0.2, 0) is 22.4 Å². The first kappa shape index (κ1) is 33.7. The Hall–Kier alpha value is -2.34. The molecule has 0 bridgehead atoms. The molecule has 0 radical (unpaired) electrons. The second kappa shape index (κ2) is 20.6. The maximum Gasteiger partial charge on any atom is 0.243 e. The van der Waals surface area contributed by atoms with E-state index in [0.29, 0.717) is 19.0 Å². The van der Waals surface area contributed by atoms with Gasteiger partial charge in [0, 0.05) is 18.8 Å². The van der Waals surface area contributed by atoms with Gasteiger partial charge in [0.2, 0.25) is 11.8 Å². The number of carbonyl (C=O) groups is 2. The fourth-order valence-corrected chi connectivity index (χ4v) is 4.79. The number of nitrogens with one attached hydrogen (secondary N) is 3. The highest BCUT2D eigenvalue weighted by atomic mass is 16.2. The van der Waals surface area contributed by atoms with Crippen LogP contribution in [-0.4, -0.2) is 55.5 Å². The highest BCUT2D eigenvalue weighted by molar-refractivity contribution is 5.88. The lowest BCUT2D eigenvalue weighted by molar-refractivity contribution is -0.129. The minimum atomic E-state index is -0.572. The van der Waals surface area contributed by atoms with Crippen LogP contribution in [0.4, 0.5) is 0 Å². The molecule has 0 fully saturated rings. The Kier molecular flexibility index (Phi) is 18.3. The molecule has 2 atom stereocenters. The minimum Gasteiger partial charge on any atom is -0.380 e. The smallest absolute Gasteiger partial charge is 0.243 e. The van der Waals surface area contributed by atoms with Crippen molar-refractivity contribution in [3.63, 3.8) is 0 Å². The Labute approximate surface area is 233 Å². The molecular weight excluding hydrogens is 472 g/mol. The third-order valence-electron chi connectivity index (χ3n) is 6.85. The Bertz CT molecular complexity index is 823. The number of amides is 2. The van der Waals surface area contributed by atoms with Crippen LogP contribution in [0.3, 0.4) is 0 Å². The summed E-state index contributed by atoms with van der Waals surface area (Å²) in [6.07, 6.45) is 11.5. The summed E-state index contributed by atoms with van der Waals surface area (Å²) in [5, 5.41) is 9.42. The van der Waals surface area contributed by atoms with Gasteiger partial charge in [-0.2, -0.15) is 0 Å². The van der Waals surface area contributed by atoms with Gasteiger partial charge >= 0.3 is 0 Å².